The van der Waals surface area contributed by atoms with E-state index in [4.69, 9.17) is 0 Å². The van der Waals surface area contributed by atoms with E-state index >= 15 is 0 Å². The molecule has 2 atom stereocenters. The Morgan fingerprint density at radius 2 is 2.20 bits per heavy atom. The highest BCUT2D eigenvalue weighted by molar-refractivity contribution is 5.78. The minimum absolute atomic E-state index is 0.132. The lowest BCUT2D eigenvalue weighted by Crippen LogP contribution is -2.43. The van der Waals surface area contributed by atoms with Crippen molar-refractivity contribution in [1.82, 2.24) is 10.2 Å². The molecule has 2 N–H and O–H groups in total. The summed E-state index contributed by atoms with van der Waals surface area (Å²) < 4.78 is 0. The van der Waals surface area contributed by atoms with Gasteiger partial charge in [-0.3, -0.25) is 9.69 Å². The van der Waals surface area contributed by atoms with Crippen molar-refractivity contribution in [2.24, 2.45) is 0 Å². The molecular weight excluding hydrogens is 192 g/mol. The first-order valence-corrected chi connectivity index (χ1v) is 5.94. The summed E-state index contributed by atoms with van der Waals surface area (Å²) >= 11 is 0. The maximum absolute atomic E-state index is 11.4. The van der Waals surface area contributed by atoms with Crippen molar-refractivity contribution in [3.8, 4) is 0 Å². The van der Waals surface area contributed by atoms with Crippen molar-refractivity contribution < 1.29 is 9.90 Å². The first kappa shape index (κ1) is 10.9. The molecule has 1 aliphatic heterocycles. The van der Waals surface area contributed by atoms with Crippen molar-refractivity contribution in [3.05, 3.63) is 0 Å². The Kier molecular flexibility index (Phi) is 3.59. The van der Waals surface area contributed by atoms with Gasteiger partial charge in [0.05, 0.1) is 12.6 Å². The number of hydrogen-bond donors (Lipinski definition) is 2. The highest BCUT2D eigenvalue weighted by Gasteiger charge is 2.27. The second-order valence-electron chi connectivity index (χ2n) is 4.65. The van der Waals surface area contributed by atoms with Crippen molar-refractivity contribution >= 4 is 5.91 Å². The van der Waals surface area contributed by atoms with Crippen molar-refractivity contribution in [1.29, 1.82) is 0 Å². The lowest BCUT2D eigenvalue weighted by atomic mass is 9.92. The van der Waals surface area contributed by atoms with Crippen LogP contribution in [0.15, 0.2) is 0 Å². The van der Waals surface area contributed by atoms with Gasteiger partial charge in [0.15, 0.2) is 0 Å². The minimum atomic E-state index is -0.157. The number of aliphatic hydroxyl groups is 1. The van der Waals surface area contributed by atoms with Crippen LogP contribution in [0.25, 0.3) is 0 Å². The van der Waals surface area contributed by atoms with Crippen LogP contribution in [0.5, 0.6) is 0 Å². The van der Waals surface area contributed by atoms with Crippen LogP contribution in [0.1, 0.15) is 32.1 Å². The topological polar surface area (TPSA) is 52.6 Å². The van der Waals surface area contributed by atoms with E-state index < -0.39 is 0 Å². The summed E-state index contributed by atoms with van der Waals surface area (Å²) in [6, 6.07) is 0.414. The highest BCUT2D eigenvalue weighted by atomic mass is 16.3. The number of aliphatic hydroxyl groups excluding tert-OH is 1. The minimum Gasteiger partial charge on any atom is -0.393 e. The largest absolute Gasteiger partial charge is 0.393 e. The van der Waals surface area contributed by atoms with E-state index in [0.29, 0.717) is 12.6 Å². The van der Waals surface area contributed by atoms with Crippen molar-refractivity contribution in [3.63, 3.8) is 0 Å². The fraction of sp³-hybridized carbons (Fsp3) is 0.909. The fourth-order valence-electron chi connectivity index (χ4n) is 2.61. The zero-order valence-electron chi connectivity index (χ0n) is 9.11. The van der Waals surface area contributed by atoms with Crippen LogP contribution in [0, 0.1) is 0 Å². The molecule has 1 heterocycles. The number of amides is 1. The summed E-state index contributed by atoms with van der Waals surface area (Å²) in [7, 11) is 0. The standard InChI is InChI=1S/C11H20N2O2/c14-10-4-1-3-9(7-10)13-6-2-5-12-11(15)8-13/h9-10,14H,1-8H2,(H,12,15). The zero-order chi connectivity index (χ0) is 10.7. The molecule has 2 fully saturated rings. The third-order valence-electron chi connectivity index (χ3n) is 3.43. The summed E-state index contributed by atoms with van der Waals surface area (Å²) in [6.07, 6.45) is 4.85. The number of hydrogen-bond acceptors (Lipinski definition) is 3. The second-order valence-corrected chi connectivity index (χ2v) is 4.65. The van der Waals surface area contributed by atoms with Gasteiger partial charge in [-0.2, -0.15) is 0 Å². The van der Waals surface area contributed by atoms with E-state index in [9.17, 15) is 9.90 Å². The average Bonchev–Trinajstić information content (AvgIpc) is 2.43. The Hall–Kier alpha value is -0.610. The van der Waals surface area contributed by atoms with Gasteiger partial charge in [-0.25, -0.2) is 0 Å². The molecule has 4 nitrogen and oxygen atoms in total. The summed E-state index contributed by atoms with van der Waals surface area (Å²) in [5, 5.41) is 12.5. The molecule has 4 heteroatoms. The predicted molar refractivity (Wildman–Crippen MR) is 57.5 cm³/mol. The van der Waals surface area contributed by atoms with Crippen LogP contribution in [0.4, 0.5) is 0 Å². The van der Waals surface area contributed by atoms with E-state index in [1.54, 1.807) is 0 Å². The first-order valence-electron chi connectivity index (χ1n) is 5.94. The molecule has 0 aromatic rings. The van der Waals surface area contributed by atoms with Gasteiger partial charge < -0.3 is 10.4 Å². The Labute approximate surface area is 90.6 Å². The van der Waals surface area contributed by atoms with E-state index in [-0.39, 0.29) is 12.0 Å². The molecule has 15 heavy (non-hydrogen) atoms. The van der Waals surface area contributed by atoms with Crippen LogP contribution in [-0.4, -0.2) is 47.7 Å². The highest BCUT2D eigenvalue weighted by Crippen LogP contribution is 2.23. The van der Waals surface area contributed by atoms with E-state index in [1.807, 2.05) is 0 Å². The van der Waals surface area contributed by atoms with Gasteiger partial charge in [-0.15, -0.1) is 0 Å². The van der Waals surface area contributed by atoms with Gasteiger partial charge in [-0.05, 0) is 32.1 Å². The van der Waals surface area contributed by atoms with Crippen molar-refractivity contribution in [2.45, 2.75) is 44.2 Å². The van der Waals surface area contributed by atoms with Gasteiger partial charge >= 0.3 is 0 Å². The number of nitrogens with one attached hydrogen (secondary N) is 1. The SMILES string of the molecule is O=C1CN(C2CCCC(O)C2)CCCN1. The molecule has 0 aromatic carbocycles. The first-order chi connectivity index (χ1) is 7.25. The number of carbonyl (C=O) groups is 1. The molecule has 1 amide bonds. The van der Waals surface area contributed by atoms with Gasteiger partial charge in [0.1, 0.15) is 0 Å². The molecule has 0 bridgehead atoms. The summed E-state index contributed by atoms with van der Waals surface area (Å²) in [5.74, 6) is 0.132. The van der Waals surface area contributed by atoms with Crippen molar-refractivity contribution in [2.75, 3.05) is 19.6 Å². The molecule has 0 radical (unpaired) electrons. The number of nitrogens with zero attached hydrogens (tertiary/aromatic N) is 1. The predicted octanol–water partition coefficient (Wildman–Crippen LogP) is 0.112. The quantitative estimate of drug-likeness (QED) is 0.649. The Balaban J connectivity index is 1.92. The molecule has 86 valence electrons. The maximum atomic E-state index is 11.4. The molecule has 2 rings (SSSR count). The van der Waals surface area contributed by atoms with Gasteiger partial charge in [0.25, 0.3) is 0 Å². The molecule has 1 aliphatic carbocycles. The second kappa shape index (κ2) is 4.94. The third kappa shape index (κ3) is 2.92. The maximum Gasteiger partial charge on any atom is 0.234 e. The molecule has 0 aromatic heterocycles. The van der Waals surface area contributed by atoms with Gasteiger partial charge in [0, 0.05) is 19.1 Å². The Morgan fingerprint density at radius 1 is 1.33 bits per heavy atom. The zero-order valence-corrected chi connectivity index (χ0v) is 9.11. The van der Waals surface area contributed by atoms with Crippen LogP contribution < -0.4 is 5.32 Å². The molecule has 1 saturated heterocycles. The molecule has 2 aliphatic rings. The van der Waals surface area contributed by atoms with E-state index in [1.165, 1.54) is 0 Å². The van der Waals surface area contributed by atoms with Gasteiger partial charge in [-0.1, -0.05) is 0 Å². The smallest absolute Gasteiger partial charge is 0.234 e. The normalized spacial score (nSPS) is 34.6. The van der Waals surface area contributed by atoms with Crippen LogP contribution >= 0.6 is 0 Å². The number of rotatable bonds is 1. The number of carbonyl (C=O) groups excluding carboxylic acids is 1. The summed E-state index contributed by atoms with van der Waals surface area (Å²) in [4.78, 5) is 13.6. The average molecular weight is 212 g/mol. The lowest BCUT2D eigenvalue weighted by Gasteiger charge is -2.34. The third-order valence-corrected chi connectivity index (χ3v) is 3.43. The summed E-state index contributed by atoms with van der Waals surface area (Å²) in [5.41, 5.74) is 0. The molecule has 2 unspecified atom stereocenters. The summed E-state index contributed by atoms with van der Waals surface area (Å²) in [6.45, 7) is 2.29. The van der Waals surface area contributed by atoms with E-state index in [0.717, 1.165) is 45.2 Å². The lowest BCUT2D eigenvalue weighted by molar-refractivity contribution is -0.122. The molecule has 1 saturated carbocycles. The van der Waals surface area contributed by atoms with Crippen LogP contribution in [0.2, 0.25) is 0 Å². The Morgan fingerprint density at radius 3 is 3.00 bits per heavy atom. The Bertz CT molecular complexity index is 233. The van der Waals surface area contributed by atoms with Crippen LogP contribution in [-0.2, 0) is 4.79 Å². The van der Waals surface area contributed by atoms with Crippen LogP contribution in [0.3, 0.4) is 0 Å². The monoisotopic (exact) mass is 212 g/mol. The van der Waals surface area contributed by atoms with Gasteiger partial charge in [0.2, 0.25) is 5.91 Å². The fourth-order valence-corrected chi connectivity index (χ4v) is 2.61. The van der Waals surface area contributed by atoms with E-state index in [2.05, 4.69) is 10.2 Å². The molecular formula is C11H20N2O2. The molecule has 0 spiro atoms.